The van der Waals surface area contributed by atoms with Gasteiger partial charge < -0.3 is 14.7 Å². The number of aryl methyl sites for hydroxylation is 2. The van der Waals surface area contributed by atoms with Crippen LogP contribution in [0.15, 0.2) is 48.5 Å². The molecule has 0 saturated carbocycles. The van der Waals surface area contributed by atoms with E-state index >= 15 is 0 Å². The molecule has 2 aliphatic rings. The normalized spacial score (nSPS) is 19.7. The molecule has 2 heterocycles. The van der Waals surface area contributed by atoms with Crippen LogP contribution in [0.2, 0.25) is 0 Å². The summed E-state index contributed by atoms with van der Waals surface area (Å²) < 4.78 is 0. The van der Waals surface area contributed by atoms with Gasteiger partial charge in [-0.25, -0.2) is 0 Å². The molecule has 152 valence electrons. The molecule has 0 aliphatic carbocycles. The number of carbonyl (C=O) groups is 2. The fraction of sp³-hybridized carbons (Fsp3) is 0.417. The number of carbonyl (C=O) groups excluding carboxylic acids is 2. The highest BCUT2D eigenvalue weighted by Gasteiger charge is 2.38. The SMILES string of the molecule is CCc1ccccc1N1C[C@@H](C(=O)N2CCN(c3ccccc3C)CC2)CC1=O. The highest BCUT2D eigenvalue weighted by molar-refractivity contribution is 6.00. The maximum Gasteiger partial charge on any atom is 0.228 e. The van der Waals surface area contributed by atoms with Gasteiger partial charge in [-0.3, -0.25) is 9.59 Å². The van der Waals surface area contributed by atoms with E-state index in [9.17, 15) is 9.59 Å². The zero-order chi connectivity index (χ0) is 20.4. The lowest BCUT2D eigenvalue weighted by molar-refractivity contribution is -0.136. The molecule has 0 bridgehead atoms. The van der Waals surface area contributed by atoms with E-state index in [1.54, 1.807) is 0 Å². The van der Waals surface area contributed by atoms with Gasteiger partial charge in [0.15, 0.2) is 0 Å². The van der Waals surface area contributed by atoms with Crippen LogP contribution >= 0.6 is 0 Å². The Hall–Kier alpha value is -2.82. The predicted molar refractivity (Wildman–Crippen MR) is 116 cm³/mol. The van der Waals surface area contributed by atoms with Crippen LogP contribution in [-0.2, 0) is 16.0 Å². The third-order valence-corrected chi connectivity index (χ3v) is 6.19. The summed E-state index contributed by atoms with van der Waals surface area (Å²) in [6.07, 6.45) is 1.19. The molecular formula is C24H29N3O2. The van der Waals surface area contributed by atoms with Crippen molar-refractivity contribution in [3.63, 3.8) is 0 Å². The van der Waals surface area contributed by atoms with E-state index in [4.69, 9.17) is 0 Å². The van der Waals surface area contributed by atoms with Gasteiger partial charge in [0.25, 0.3) is 0 Å². The number of rotatable bonds is 4. The molecule has 0 aromatic heterocycles. The van der Waals surface area contributed by atoms with Crippen molar-refractivity contribution in [3.8, 4) is 0 Å². The van der Waals surface area contributed by atoms with Crippen LogP contribution in [-0.4, -0.2) is 49.4 Å². The second-order valence-corrected chi connectivity index (χ2v) is 7.99. The van der Waals surface area contributed by atoms with Gasteiger partial charge in [-0.05, 0) is 36.6 Å². The molecule has 2 aliphatic heterocycles. The Kier molecular flexibility index (Phi) is 5.56. The lowest BCUT2D eigenvalue weighted by atomic mass is 10.1. The summed E-state index contributed by atoms with van der Waals surface area (Å²) in [5, 5.41) is 0. The van der Waals surface area contributed by atoms with Crippen molar-refractivity contribution < 1.29 is 9.59 Å². The average molecular weight is 392 g/mol. The maximum atomic E-state index is 13.1. The predicted octanol–water partition coefficient (Wildman–Crippen LogP) is 3.26. The van der Waals surface area contributed by atoms with Crippen molar-refractivity contribution >= 4 is 23.2 Å². The number of piperazine rings is 1. The average Bonchev–Trinajstić information content (AvgIpc) is 3.15. The molecule has 0 N–H and O–H groups in total. The second kappa shape index (κ2) is 8.27. The fourth-order valence-corrected chi connectivity index (χ4v) is 4.52. The van der Waals surface area contributed by atoms with Crippen molar-refractivity contribution in [2.24, 2.45) is 5.92 Å². The highest BCUT2D eigenvalue weighted by atomic mass is 16.2. The van der Waals surface area contributed by atoms with E-state index in [1.165, 1.54) is 11.3 Å². The van der Waals surface area contributed by atoms with Gasteiger partial charge in [-0.15, -0.1) is 0 Å². The molecule has 2 saturated heterocycles. The summed E-state index contributed by atoms with van der Waals surface area (Å²) in [5.41, 5.74) is 4.62. The summed E-state index contributed by atoms with van der Waals surface area (Å²) in [7, 11) is 0. The number of benzene rings is 2. The van der Waals surface area contributed by atoms with Crippen LogP contribution in [0.25, 0.3) is 0 Å². The Morgan fingerprint density at radius 2 is 1.62 bits per heavy atom. The molecule has 0 unspecified atom stereocenters. The van der Waals surface area contributed by atoms with Gasteiger partial charge in [0.2, 0.25) is 11.8 Å². The van der Waals surface area contributed by atoms with E-state index in [-0.39, 0.29) is 17.7 Å². The number of anilines is 2. The Bertz CT molecular complexity index is 903. The molecular weight excluding hydrogens is 362 g/mol. The minimum absolute atomic E-state index is 0.0581. The number of nitrogens with zero attached hydrogens (tertiary/aromatic N) is 3. The molecule has 2 aromatic rings. The zero-order valence-electron chi connectivity index (χ0n) is 17.3. The Labute approximate surface area is 172 Å². The van der Waals surface area contributed by atoms with Crippen molar-refractivity contribution in [2.75, 3.05) is 42.5 Å². The first-order valence-corrected chi connectivity index (χ1v) is 10.6. The minimum Gasteiger partial charge on any atom is -0.368 e. The highest BCUT2D eigenvalue weighted by Crippen LogP contribution is 2.30. The molecule has 0 radical (unpaired) electrons. The zero-order valence-corrected chi connectivity index (χ0v) is 17.3. The molecule has 4 rings (SSSR count). The van der Waals surface area contributed by atoms with E-state index in [0.717, 1.165) is 30.8 Å². The number of hydrogen-bond acceptors (Lipinski definition) is 3. The largest absolute Gasteiger partial charge is 0.368 e. The van der Waals surface area contributed by atoms with E-state index in [0.29, 0.717) is 26.1 Å². The van der Waals surface area contributed by atoms with Gasteiger partial charge >= 0.3 is 0 Å². The van der Waals surface area contributed by atoms with Crippen LogP contribution in [0.3, 0.4) is 0 Å². The smallest absolute Gasteiger partial charge is 0.228 e. The molecule has 1 atom stereocenters. The quantitative estimate of drug-likeness (QED) is 0.804. The monoisotopic (exact) mass is 391 g/mol. The molecule has 2 aromatic carbocycles. The van der Waals surface area contributed by atoms with Gasteiger partial charge in [-0.2, -0.15) is 0 Å². The summed E-state index contributed by atoms with van der Waals surface area (Å²) in [6.45, 7) is 7.80. The molecule has 5 nitrogen and oxygen atoms in total. The minimum atomic E-state index is -0.238. The van der Waals surface area contributed by atoms with E-state index in [2.05, 4.69) is 49.1 Å². The first kappa shape index (κ1) is 19.5. The van der Waals surface area contributed by atoms with E-state index < -0.39 is 0 Å². The van der Waals surface area contributed by atoms with Crippen molar-refractivity contribution in [2.45, 2.75) is 26.7 Å². The number of hydrogen-bond donors (Lipinski definition) is 0. The summed E-state index contributed by atoms with van der Waals surface area (Å²) in [5.74, 6) is -0.0560. The third-order valence-electron chi connectivity index (χ3n) is 6.19. The molecule has 5 heteroatoms. The number of para-hydroxylation sites is 2. The standard InChI is InChI=1S/C24H29N3O2/c1-3-19-9-5-7-11-22(19)27-17-20(16-23(27)28)24(29)26-14-12-25(13-15-26)21-10-6-4-8-18(21)2/h4-11,20H,3,12-17H2,1-2H3/t20-/m0/s1. The van der Waals surface area contributed by atoms with Crippen LogP contribution in [0.5, 0.6) is 0 Å². The maximum absolute atomic E-state index is 13.1. The third kappa shape index (κ3) is 3.86. The van der Waals surface area contributed by atoms with Gasteiger partial charge in [0, 0.05) is 50.5 Å². The summed E-state index contributed by atoms with van der Waals surface area (Å²) >= 11 is 0. The fourth-order valence-electron chi connectivity index (χ4n) is 4.52. The van der Waals surface area contributed by atoms with Crippen LogP contribution in [0, 0.1) is 12.8 Å². The summed E-state index contributed by atoms with van der Waals surface area (Å²) in [4.78, 5) is 31.9. The Morgan fingerprint density at radius 3 is 2.31 bits per heavy atom. The van der Waals surface area contributed by atoms with Crippen LogP contribution < -0.4 is 9.80 Å². The van der Waals surface area contributed by atoms with Crippen molar-refractivity contribution in [1.82, 2.24) is 4.90 Å². The first-order chi connectivity index (χ1) is 14.1. The summed E-state index contributed by atoms with van der Waals surface area (Å²) in [6, 6.07) is 16.4. The molecule has 2 amide bonds. The van der Waals surface area contributed by atoms with Gasteiger partial charge in [0.1, 0.15) is 0 Å². The topological polar surface area (TPSA) is 43.9 Å². The molecule has 2 fully saturated rings. The van der Waals surface area contributed by atoms with E-state index in [1.807, 2.05) is 28.0 Å². The second-order valence-electron chi connectivity index (χ2n) is 7.99. The molecule has 0 spiro atoms. The van der Waals surface area contributed by atoms with Gasteiger partial charge in [0.05, 0.1) is 5.92 Å². The lowest BCUT2D eigenvalue weighted by Gasteiger charge is -2.37. The van der Waals surface area contributed by atoms with Crippen LogP contribution in [0.4, 0.5) is 11.4 Å². The lowest BCUT2D eigenvalue weighted by Crippen LogP contribution is -2.50. The molecule has 29 heavy (non-hydrogen) atoms. The Morgan fingerprint density at radius 1 is 0.966 bits per heavy atom. The van der Waals surface area contributed by atoms with Gasteiger partial charge in [-0.1, -0.05) is 43.3 Å². The van der Waals surface area contributed by atoms with Crippen LogP contribution in [0.1, 0.15) is 24.5 Å². The Balaban J connectivity index is 1.40. The van der Waals surface area contributed by atoms with Crippen molar-refractivity contribution in [1.29, 1.82) is 0 Å². The first-order valence-electron chi connectivity index (χ1n) is 10.6. The van der Waals surface area contributed by atoms with Crippen molar-refractivity contribution in [3.05, 3.63) is 59.7 Å². The number of amides is 2.